The second kappa shape index (κ2) is 5.19. The van der Waals surface area contributed by atoms with E-state index >= 15 is 0 Å². The van der Waals surface area contributed by atoms with Gasteiger partial charge in [-0.25, -0.2) is 0 Å². The summed E-state index contributed by atoms with van der Waals surface area (Å²) in [4.78, 5) is 0. The van der Waals surface area contributed by atoms with Gasteiger partial charge in [0.15, 0.2) is 5.82 Å². The molecule has 0 bridgehead atoms. The van der Waals surface area contributed by atoms with Crippen molar-refractivity contribution >= 4 is 27.5 Å². The molecule has 17 heavy (non-hydrogen) atoms. The predicted molar refractivity (Wildman–Crippen MR) is 73.1 cm³/mol. The molecule has 0 amide bonds. The van der Waals surface area contributed by atoms with Gasteiger partial charge in [0, 0.05) is 16.6 Å². The zero-order valence-corrected chi connectivity index (χ0v) is 12.1. The lowest BCUT2D eigenvalue weighted by Crippen LogP contribution is -2.02. The Morgan fingerprint density at radius 3 is 2.76 bits per heavy atom. The van der Waals surface area contributed by atoms with E-state index in [2.05, 4.69) is 40.0 Å². The number of halogens is 2. The fraction of sp³-hybridized carbons (Fsp3) is 0.333. The lowest BCUT2D eigenvalue weighted by Gasteiger charge is -2.09. The van der Waals surface area contributed by atoms with Crippen molar-refractivity contribution in [2.75, 3.05) is 0 Å². The second-order valence-electron chi connectivity index (χ2n) is 3.73. The molecule has 0 unspecified atom stereocenters. The van der Waals surface area contributed by atoms with Crippen molar-refractivity contribution < 1.29 is 0 Å². The standard InChI is InChI=1S/C12H13BrClN3/c1-3-17-11(7-14)15-16-12(17)9-5-4-6-10(13)8(9)2/h4-6H,3,7H2,1-2H3. The van der Waals surface area contributed by atoms with Crippen molar-refractivity contribution in [3.05, 3.63) is 34.1 Å². The van der Waals surface area contributed by atoms with E-state index in [1.165, 1.54) is 0 Å². The largest absolute Gasteiger partial charge is 0.310 e. The van der Waals surface area contributed by atoms with Crippen LogP contribution in [0.4, 0.5) is 0 Å². The second-order valence-corrected chi connectivity index (χ2v) is 4.85. The Hall–Kier alpha value is -0.870. The van der Waals surface area contributed by atoms with Crippen LogP contribution in [-0.2, 0) is 12.4 Å². The van der Waals surface area contributed by atoms with Crippen LogP contribution in [0.15, 0.2) is 22.7 Å². The summed E-state index contributed by atoms with van der Waals surface area (Å²) in [6.07, 6.45) is 0. The fourth-order valence-corrected chi connectivity index (χ4v) is 2.38. The van der Waals surface area contributed by atoms with Crippen molar-refractivity contribution in [2.45, 2.75) is 26.3 Å². The molecule has 0 fully saturated rings. The maximum absolute atomic E-state index is 5.85. The molecule has 2 rings (SSSR count). The lowest BCUT2D eigenvalue weighted by molar-refractivity contribution is 0.730. The third-order valence-electron chi connectivity index (χ3n) is 2.77. The van der Waals surface area contributed by atoms with E-state index in [4.69, 9.17) is 11.6 Å². The molecule has 90 valence electrons. The molecular formula is C12H13BrClN3. The summed E-state index contributed by atoms with van der Waals surface area (Å²) < 4.78 is 3.12. The lowest BCUT2D eigenvalue weighted by atomic mass is 10.1. The molecule has 0 saturated heterocycles. The first-order chi connectivity index (χ1) is 8.19. The molecule has 1 heterocycles. The monoisotopic (exact) mass is 313 g/mol. The molecule has 2 aromatic rings. The van der Waals surface area contributed by atoms with Crippen molar-refractivity contribution in [3.63, 3.8) is 0 Å². The maximum atomic E-state index is 5.85. The number of aromatic nitrogens is 3. The predicted octanol–water partition coefficient (Wildman–Crippen LogP) is 3.77. The molecule has 0 saturated carbocycles. The molecule has 0 N–H and O–H groups in total. The minimum Gasteiger partial charge on any atom is -0.310 e. The molecule has 1 aromatic heterocycles. The number of rotatable bonds is 3. The molecule has 3 nitrogen and oxygen atoms in total. The Kier molecular flexibility index (Phi) is 3.84. The summed E-state index contributed by atoms with van der Waals surface area (Å²) in [5.74, 6) is 2.07. The minimum absolute atomic E-state index is 0.383. The third kappa shape index (κ3) is 2.24. The van der Waals surface area contributed by atoms with E-state index in [9.17, 15) is 0 Å². The van der Waals surface area contributed by atoms with Crippen LogP contribution in [0.5, 0.6) is 0 Å². The van der Waals surface area contributed by atoms with Gasteiger partial charge in [-0.3, -0.25) is 0 Å². The van der Waals surface area contributed by atoms with Crippen LogP contribution < -0.4 is 0 Å². The zero-order valence-electron chi connectivity index (χ0n) is 9.74. The quantitative estimate of drug-likeness (QED) is 0.807. The molecule has 5 heteroatoms. The molecule has 0 radical (unpaired) electrons. The number of hydrogen-bond acceptors (Lipinski definition) is 2. The van der Waals surface area contributed by atoms with Crippen LogP contribution in [0.2, 0.25) is 0 Å². The van der Waals surface area contributed by atoms with Gasteiger partial charge in [0.1, 0.15) is 5.82 Å². The van der Waals surface area contributed by atoms with Gasteiger partial charge in [-0.05, 0) is 25.5 Å². The van der Waals surface area contributed by atoms with Gasteiger partial charge in [0.25, 0.3) is 0 Å². The minimum atomic E-state index is 0.383. The molecule has 1 aromatic carbocycles. The van der Waals surface area contributed by atoms with Crippen LogP contribution in [0.1, 0.15) is 18.3 Å². The third-order valence-corrected chi connectivity index (χ3v) is 3.87. The summed E-state index contributed by atoms with van der Waals surface area (Å²) in [6.45, 7) is 4.95. The highest BCUT2D eigenvalue weighted by Gasteiger charge is 2.14. The number of alkyl halides is 1. The average Bonchev–Trinajstić information content (AvgIpc) is 2.75. The van der Waals surface area contributed by atoms with E-state index in [1.807, 2.05) is 22.8 Å². The Bertz CT molecular complexity index is 537. The molecule has 0 aliphatic heterocycles. The first kappa shape index (κ1) is 12.6. The number of hydrogen-bond donors (Lipinski definition) is 0. The summed E-state index contributed by atoms with van der Waals surface area (Å²) >= 11 is 9.38. The van der Waals surface area contributed by atoms with Crippen molar-refractivity contribution in [3.8, 4) is 11.4 Å². The van der Waals surface area contributed by atoms with Gasteiger partial charge in [-0.15, -0.1) is 21.8 Å². The first-order valence-electron chi connectivity index (χ1n) is 5.42. The summed E-state index contributed by atoms with van der Waals surface area (Å²) in [5, 5.41) is 8.36. The Morgan fingerprint density at radius 1 is 1.35 bits per heavy atom. The molecular weight excluding hydrogens is 302 g/mol. The Morgan fingerprint density at radius 2 is 2.12 bits per heavy atom. The smallest absolute Gasteiger partial charge is 0.164 e. The highest BCUT2D eigenvalue weighted by atomic mass is 79.9. The van der Waals surface area contributed by atoms with Gasteiger partial charge < -0.3 is 4.57 Å². The number of nitrogens with zero attached hydrogens (tertiary/aromatic N) is 3. The number of benzene rings is 1. The molecule has 0 aliphatic carbocycles. The van der Waals surface area contributed by atoms with E-state index in [0.29, 0.717) is 5.88 Å². The van der Waals surface area contributed by atoms with Crippen LogP contribution in [0.25, 0.3) is 11.4 Å². The molecule has 0 atom stereocenters. The van der Waals surface area contributed by atoms with Gasteiger partial charge in [0.2, 0.25) is 0 Å². The SMILES string of the molecule is CCn1c(CCl)nnc1-c1cccc(Br)c1C. The van der Waals surface area contributed by atoms with Crippen LogP contribution in [0, 0.1) is 6.92 Å². The molecule has 0 spiro atoms. The molecule has 0 aliphatic rings. The van der Waals surface area contributed by atoms with Crippen LogP contribution in [-0.4, -0.2) is 14.8 Å². The van der Waals surface area contributed by atoms with Gasteiger partial charge in [0.05, 0.1) is 5.88 Å². The zero-order chi connectivity index (χ0) is 12.4. The highest BCUT2D eigenvalue weighted by molar-refractivity contribution is 9.10. The van der Waals surface area contributed by atoms with Crippen molar-refractivity contribution in [1.82, 2.24) is 14.8 Å². The van der Waals surface area contributed by atoms with Crippen molar-refractivity contribution in [2.24, 2.45) is 0 Å². The van der Waals surface area contributed by atoms with Gasteiger partial charge in [-0.1, -0.05) is 28.1 Å². The maximum Gasteiger partial charge on any atom is 0.164 e. The average molecular weight is 315 g/mol. The van der Waals surface area contributed by atoms with E-state index in [-0.39, 0.29) is 0 Å². The highest BCUT2D eigenvalue weighted by Crippen LogP contribution is 2.28. The van der Waals surface area contributed by atoms with Crippen molar-refractivity contribution in [1.29, 1.82) is 0 Å². The van der Waals surface area contributed by atoms with E-state index < -0.39 is 0 Å². The normalized spacial score (nSPS) is 10.8. The Balaban J connectivity index is 2.60. The van der Waals surface area contributed by atoms with Crippen LogP contribution in [0.3, 0.4) is 0 Å². The van der Waals surface area contributed by atoms with E-state index in [1.54, 1.807) is 0 Å². The van der Waals surface area contributed by atoms with Crippen LogP contribution >= 0.6 is 27.5 Å². The topological polar surface area (TPSA) is 30.7 Å². The van der Waals surface area contributed by atoms with E-state index in [0.717, 1.165) is 33.8 Å². The van der Waals surface area contributed by atoms with Gasteiger partial charge in [-0.2, -0.15) is 0 Å². The Labute approximate surface area is 114 Å². The summed E-state index contributed by atoms with van der Waals surface area (Å²) in [7, 11) is 0. The van der Waals surface area contributed by atoms with Gasteiger partial charge >= 0.3 is 0 Å². The fourth-order valence-electron chi connectivity index (χ4n) is 1.82. The first-order valence-corrected chi connectivity index (χ1v) is 6.75. The summed E-state index contributed by atoms with van der Waals surface area (Å²) in [5.41, 5.74) is 2.25. The summed E-state index contributed by atoms with van der Waals surface area (Å²) in [6, 6.07) is 6.07.